The van der Waals surface area contributed by atoms with Crippen LogP contribution in [0.4, 0.5) is 13.2 Å². The number of pyridine rings is 1. The summed E-state index contributed by atoms with van der Waals surface area (Å²) in [5.74, 6) is 0.403. The highest BCUT2D eigenvalue weighted by atomic mass is 32.2. The van der Waals surface area contributed by atoms with Crippen molar-refractivity contribution in [3.63, 3.8) is 0 Å². The Hall–Kier alpha value is -3.34. The van der Waals surface area contributed by atoms with Crippen molar-refractivity contribution in [3.8, 4) is 11.3 Å². The molecule has 1 N–H and O–H groups in total. The molecule has 0 saturated carbocycles. The van der Waals surface area contributed by atoms with E-state index in [1.165, 1.54) is 27.4 Å². The number of alkyl halides is 3. The lowest BCUT2D eigenvalue weighted by Gasteiger charge is -2.33. The number of aromatic nitrogens is 4. The van der Waals surface area contributed by atoms with Crippen LogP contribution < -0.4 is 0 Å². The van der Waals surface area contributed by atoms with Crippen LogP contribution in [0.25, 0.3) is 22.2 Å². The molecule has 0 spiro atoms. The summed E-state index contributed by atoms with van der Waals surface area (Å²) in [5, 5.41) is 17.3. The third-order valence-corrected chi connectivity index (χ3v) is 11.7. The second kappa shape index (κ2) is 14.4. The first-order chi connectivity index (χ1) is 23.9. The zero-order valence-electron chi connectivity index (χ0n) is 28.2. The minimum atomic E-state index is -4.47. The van der Waals surface area contributed by atoms with Crippen LogP contribution >= 0.6 is 0 Å². The third kappa shape index (κ3) is 7.63. The summed E-state index contributed by atoms with van der Waals surface area (Å²) in [6.07, 6.45) is 4.39. The lowest BCUT2D eigenvalue weighted by Crippen LogP contribution is -2.40. The highest BCUT2D eigenvalue weighted by Gasteiger charge is 2.33. The largest absolute Gasteiger partial charge is 0.416 e. The summed E-state index contributed by atoms with van der Waals surface area (Å²) in [6, 6.07) is 6.87. The topological polar surface area (TPSA) is 109 Å². The molecule has 4 aromatic rings. The van der Waals surface area contributed by atoms with Gasteiger partial charge >= 0.3 is 6.18 Å². The van der Waals surface area contributed by atoms with Gasteiger partial charge in [-0.25, -0.2) is 8.42 Å². The van der Waals surface area contributed by atoms with Crippen LogP contribution in [0.2, 0.25) is 0 Å². The van der Waals surface area contributed by atoms with Crippen molar-refractivity contribution in [2.24, 2.45) is 0 Å². The van der Waals surface area contributed by atoms with Gasteiger partial charge in [0.2, 0.25) is 10.0 Å². The number of hydrogen-bond donors (Lipinski definition) is 1. The third-order valence-electron chi connectivity index (χ3n) is 10.4. The Balaban J connectivity index is 1.02. The van der Waals surface area contributed by atoms with Gasteiger partial charge in [-0.3, -0.25) is 14.6 Å². The predicted octanol–water partition coefficient (Wildman–Crippen LogP) is 3.81. The molecule has 1 atom stereocenters. The number of β-amino-alcohol motifs (C(OH)–C–C–N with tert-alkyl or cyclic N) is 1. The first-order valence-electron chi connectivity index (χ1n) is 17.3. The molecule has 50 heavy (non-hydrogen) atoms. The van der Waals surface area contributed by atoms with Gasteiger partial charge in [-0.1, -0.05) is 12.1 Å². The Labute approximate surface area is 290 Å². The van der Waals surface area contributed by atoms with E-state index in [2.05, 4.69) is 31.6 Å². The molecule has 3 aromatic heterocycles. The maximum Gasteiger partial charge on any atom is 0.416 e. The highest BCUT2D eigenvalue weighted by Crippen LogP contribution is 2.36. The molecule has 1 unspecified atom stereocenters. The number of fused-ring (bicyclic) bond motifs is 2. The van der Waals surface area contributed by atoms with E-state index in [0.717, 1.165) is 94.9 Å². The van der Waals surface area contributed by atoms with Gasteiger partial charge in [0.25, 0.3) is 0 Å². The number of morpholine rings is 1. The second-order valence-corrected chi connectivity index (χ2v) is 15.7. The number of halogens is 3. The van der Waals surface area contributed by atoms with Gasteiger partial charge in [0, 0.05) is 86.8 Å². The van der Waals surface area contributed by atoms with E-state index >= 15 is 0 Å². The molecule has 2 saturated heterocycles. The molecule has 6 heterocycles. The molecule has 270 valence electrons. The zero-order chi connectivity index (χ0) is 35.0. The quantitative estimate of drug-likeness (QED) is 0.264. The van der Waals surface area contributed by atoms with Crippen LogP contribution in [-0.2, 0) is 47.0 Å². The number of piperidine rings is 1. The number of benzene rings is 1. The van der Waals surface area contributed by atoms with E-state index in [-0.39, 0.29) is 19.6 Å². The van der Waals surface area contributed by atoms with Crippen molar-refractivity contribution in [1.29, 1.82) is 0 Å². The molecule has 0 aliphatic carbocycles. The van der Waals surface area contributed by atoms with E-state index in [1.807, 2.05) is 12.4 Å². The van der Waals surface area contributed by atoms with Crippen molar-refractivity contribution in [1.82, 2.24) is 33.4 Å². The number of rotatable bonds is 10. The Morgan fingerprint density at radius 2 is 1.72 bits per heavy atom. The number of likely N-dealkylation sites (tertiary alicyclic amines) is 1. The standard InChI is InChI=1S/C35H44F3N7O4S/c1-50(47,48)44-13-9-32-31(24-44)34(26-2-4-27(5-3-26)35(36,37)38)40-45(32)22-28(46)21-42-11-7-25(8-12-42)30-23-43(33-20-39-10-6-29(30)33)15-14-41-16-18-49-19-17-41/h2-6,10,20,23,25,28,46H,7-9,11-19,21-22,24H2,1H3. The SMILES string of the molecule is CS(=O)(=O)N1CCc2c(c(-c3ccc(C(F)(F)F)cc3)nn2CC(O)CN2CCC(c3cn(CCN4CCOCC4)c4cnccc34)CC2)C1. The molecule has 15 heteroatoms. The molecule has 3 aliphatic rings. The predicted molar refractivity (Wildman–Crippen MR) is 183 cm³/mol. The van der Waals surface area contributed by atoms with E-state index in [4.69, 9.17) is 9.84 Å². The molecule has 2 fully saturated rings. The van der Waals surface area contributed by atoms with Gasteiger partial charge < -0.3 is 19.3 Å². The average molecular weight is 716 g/mol. The van der Waals surface area contributed by atoms with Crippen LogP contribution in [0.15, 0.2) is 48.9 Å². The molecular weight excluding hydrogens is 671 g/mol. The fraction of sp³-hybridized carbons (Fsp3) is 0.543. The van der Waals surface area contributed by atoms with Crippen LogP contribution in [0.1, 0.15) is 41.1 Å². The molecule has 11 nitrogen and oxygen atoms in total. The van der Waals surface area contributed by atoms with Gasteiger partial charge in [-0.15, -0.1) is 0 Å². The molecule has 0 amide bonds. The van der Waals surface area contributed by atoms with Gasteiger partial charge in [0.15, 0.2) is 0 Å². The molecule has 1 aromatic carbocycles. The van der Waals surface area contributed by atoms with Crippen LogP contribution in [0, 0.1) is 0 Å². The number of nitrogens with zero attached hydrogens (tertiary/aromatic N) is 7. The van der Waals surface area contributed by atoms with E-state index < -0.39 is 27.9 Å². The van der Waals surface area contributed by atoms with E-state index in [9.17, 15) is 26.7 Å². The lowest BCUT2D eigenvalue weighted by atomic mass is 9.89. The Morgan fingerprint density at radius 3 is 2.42 bits per heavy atom. The van der Waals surface area contributed by atoms with Gasteiger partial charge in [-0.05, 0) is 55.6 Å². The summed E-state index contributed by atoms with van der Waals surface area (Å²) >= 11 is 0. The minimum Gasteiger partial charge on any atom is -0.390 e. The molecule has 0 radical (unpaired) electrons. The number of aliphatic hydroxyl groups excluding tert-OH is 1. The van der Waals surface area contributed by atoms with E-state index in [0.29, 0.717) is 35.7 Å². The Morgan fingerprint density at radius 1 is 0.980 bits per heavy atom. The van der Waals surface area contributed by atoms with Crippen LogP contribution in [-0.4, -0.2) is 118 Å². The number of ether oxygens (including phenoxy) is 1. The first-order valence-corrected chi connectivity index (χ1v) is 19.1. The Bertz CT molecular complexity index is 1900. The van der Waals surface area contributed by atoms with Crippen LogP contribution in [0.3, 0.4) is 0 Å². The van der Waals surface area contributed by atoms with Gasteiger partial charge in [-0.2, -0.15) is 22.6 Å². The number of sulfonamides is 1. The molecule has 7 rings (SSSR count). The smallest absolute Gasteiger partial charge is 0.390 e. The van der Waals surface area contributed by atoms with E-state index in [1.54, 1.807) is 4.68 Å². The van der Waals surface area contributed by atoms with Crippen molar-refractivity contribution in [3.05, 3.63) is 71.3 Å². The average Bonchev–Trinajstić information content (AvgIpc) is 3.65. The van der Waals surface area contributed by atoms with Crippen LogP contribution in [0.5, 0.6) is 0 Å². The summed E-state index contributed by atoms with van der Waals surface area (Å²) in [6.45, 7) is 8.03. The fourth-order valence-corrected chi connectivity index (χ4v) is 8.47. The number of hydrogen-bond acceptors (Lipinski definition) is 8. The summed E-state index contributed by atoms with van der Waals surface area (Å²) in [4.78, 5) is 9.13. The number of aliphatic hydroxyl groups is 1. The van der Waals surface area contributed by atoms with Crippen molar-refractivity contribution in [2.45, 2.75) is 57.1 Å². The Kier molecular flexibility index (Phi) is 10.1. The summed E-state index contributed by atoms with van der Waals surface area (Å²) in [7, 11) is -3.49. The lowest BCUT2D eigenvalue weighted by molar-refractivity contribution is -0.137. The van der Waals surface area contributed by atoms with Gasteiger partial charge in [0.1, 0.15) is 0 Å². The highest BCUT2D eigenvalue weighted by molar-refractivity contribution is 7.88. The molecule has 0 bridgehead atoms. The molecule has 3 aliphatic heterocycles. The summed E-state index contributed by atoms with van der Waals surface area (Å²) in [5.41, 5.74) is 4.12. The first kappa shape index (κ1) is 35.1. The van der Waals surface area contributed by atoms with Crippen molar-refractivity contribution in [2.75, 3.05) is 65.3 Å². The monoisotopic (exact) mass is 715 g/mol. The van der Waals surface area contributed by atoms with Crippen molar-refractivity contribution >= 4 is 20.9 Å². The second-order valence-electron chi connectivity index (χ2n) is 13.7. The maximum atomic E-state index is 13.2. The fourth-order valence-electron chi connectivity index (χ4n) is 7.68. The maximum absolute atomic E-state index is 13.2. The van der Waals surface area contributed by atoms with Crippen molar-refractivity contribution < 1.29 is 31.4 Å². The van der Waals surface area contributed by atoms with Gasteiger partial charge in [0.05, 0.1) is 55.1 Å². The minimum absolute atomic E-state index is 0.0772. The zero-order valence-corrected chi connectivity index (χ0v) is 29.0. The molecular formula is C35H44F3N7O4S. The normalized spacial score (nSPS) is 19.6. The summed E-state index contributed by atoms with van der Waals surface area (Å²) < 4.78 is 75.4.